The quantitative estimate of drug-likeness (QED) is 0.764. The summed E-state index contributed by atoms with van der Waals surface area (Å²) in [5.41, 5.74) is 2.74. The zero-order valence-corrected chi connectivity index (χ0v) is 13.6. The molecule has 1 aliphatic rings. The number of piperidine rings is 1. The maximum Gasteiger partial charge on any atom is 0.145 e. The van der Waals surface area contributed by atoms with Crippen LogP contribution in [0.5, 0.6) is 5.75 Å². The maximum absolute atomic E-state index is 5.24. The van der Waals surface area contributed by atoms with Crippen molar-refractivity contribution in [3.8, 4) is 17.0 Å². The number of hydrogen-bond acceptors (Lipinski definition) is 6. The van der Waals surface area contributed by atoms with Crippen LogP contribution in [0.3, 0.4) is 0 Å². The predicted octanol–water partition coefficient (Wildman–Crippen LogP) is 1.96. The van der Waals surface area contributed by atoms with E-state index >= 15 is 0 Å². The summed E-state index contributed by atoms with van der Waals surface area (Å²) in [6.07, 6.45) is 9.53. The van der Waals surface area contributed by atoms with E-state index in [9.17, 15) is 0 Å². The van der Waals surface area contributed by atoms with Gasteiger partial charge in [-0.25, -0.2) is 9.50 Å². The smallest absolute Gasteiger partial charge is 0.145 e. The lowest BCUT2D eigenvalue weighted by Crippen LogP contribution is -2.38. The number of rotatable bonds is 4. The van der Waals surface area contributed by atoms with Gasteiger partial charge in [-0.15, -0.1) is 0 Å². The average Bonchev–Trinajstić information content (AvgIpc) is 3.06. The Balaban J connectivity index is 1.63. The lowest BCUT2D eigenvalue weighted by molar-refractivity contribution is 0.411. The Morgan fingerprint density at radius 2 is 2.25 bits per heavy atom. The molecule has 124 valence electrons. The average molecular weight is 324 g/mol. The van der Waals surface area contributed by atoms with Gasteiger partial charge in [0.25, 0.3) is 0 Å². The second-order valence-electron chi connectivity index (χ2n) is 5.93. The van der Waals surface area contributed by atoms with Gasteiger partial charge in [-0.3, -0.25) is 4.98 Å². The molecule has 0 amide bonds. The molecule has 3 aromatic rings. The van der Waals surface area contributed by atoms with Crippen molar-refractivity contribution in [3.05, 3.63) is 36.9 Å². The number of fused-ring (bicyclic) bond motifs is 1. The van der Waals surface area contributed by atoms with Gasteiger partial charge in [-0.05, 0) is 31.5 Å². The van der Waals surface area contributed by atoms with Gasteiger partial charge >= 0.3 is 0 Å². The standard InChI is InChI=1S/C17H20N6O/c1-24-13-4-5-16-14(8-20-23(16)11-13)15-9-19-10-17(22-15)21-12-3-2-6-18-7-12/h4-5,8-12,18H,2-3,6-7H2,1H3,(H,21,22)/t12-/m1/s1. The summed E-state index contributed by atoms with van der Waals surface area (Å²) in [6, 6.07) is 4.30. The zero-order valence-electron chi connectivity index (χ0n) is 13.6. The van der Waals surface area contributed by atoms with Gasteiger partial charge in [-0.2, -0.15) is 5.10 Å². The summed E-state index contributed by atoms with van der Waals surface area (Å²) in [5.74, 6) is 1.57. The molecule has 3 aromatic heterocycles. The molecule has 4 rings (SSSR count). The fraction of sp³-hybridized carbons (Fsp3) is 0.353. The summed E-state index contributed by atoms with van der Waals surface area (Å²) in [4.78, 5) is 9.06. The summed E-state index contributed by atoms with van der Waals surface area (Å²) < 4.78 is 7.03. The number of nitrogens with one attached hydrogen (secondary N) is 2. The second-order valence-corrected chi connectivity index (χ2v) is 5.93. The minimum atomic E-state index is 0.400. The van der Waals surface area contributed by atoms with Crippen molar-refractivity contribution in [1.82, 2.24) is 24.9 Å². The Morgan fingerprint density at radius 3 is 3.08 bits per heavy atom. The lowest BCUT2D eigenvalue weighted by atomic mass is 10.1. The molecule has 2 N–H and O–H groups in total. The number of methoxy groups -OCH3 is 1. The second kappa shape index (κ2) is 6.45. The fourth-order valence-corrected chi connectivity index (χ4v) is 3.03. The van der Waals surface area contributed by atoms with Crippen molar-refractivity contribution in [3.63, 3.8) is 0 Å². The summed E-state index contributed by atoms with van der Waals surface area (Å²) >= 11 is 0. The van der Waals surface area contributed by atoms with Crippen LogP contribution in [-0.2, 0) is 0 Å². The van der Waals surface area contributed by atoms with E-state index in [2.05, 4.69) is 20.7 Å². The molecule has 7 heteroatoms. The normalized spacial score (nSPS) is 17.8. The highest BCUT2D eigenvalue weighted by Gasteiger charge is 2.14. The number of pyridine rings is 1. The van der Waals surface area contributed by atoms with E-state index in [0.717, 1.165) is 47.9 Å². The predicted molar refractivity (Wildman–Crippen MR) is 92.3 cm³/mol. The van der Waals surface area contributed by atoms with Gasteiger partial charge in [0.15, 0.2) is 0 Å². The van der Waals surface area contributed by atoms with E-state index in [1.807, 2.05) is 24.5 Å². The minimum absolute atomic E-state index is 0.400. The maximum atomic E-state index is 5.24. The van der Waals surface area contributed by atoms with Crippen molar-refractivity contribution in [2.24, 2.45) is 0 Å². The third-order valence-corrected chi connectivity index (χ3v) is 4.28. The largest absolute Gasteiger partial charge is 0.495 e. The molecule has 1 aliphatic heterocycles. The first-order valence-electron chi connectivity index (χ1n) is 8.14. The van der Waals surface area contributed by atoms with Crippen molar-refractivity contribution < 1.29 is 4.74 Å². The molecule has 4 heterocycles. The Kier molecular flexibility index (Phi) is 4.00. The molecule has 1 fully saturated rings. The molecule has 24 heavy (non-hydrogen) atoms. The monoisotopic (exact) mass is 324 g/mol. The van der Waals surface area contributed by atoms with Crippen molar-refractivity contribution in [1.29, 1.82) is 0 Å². The first-order valence-corrected chi connectivity index (χ1v) is 8.14. The van der Waals surface area contributed by atoms with Crippen LogP contribution in [0.4, 0.5) is 5.82 Å². The first-order chi connectivity index (χ1) is 11.8. The van der Waals surface area contributed by atoms with E-state index in [1.165, 1.54) is 6.42 Å². The van der Waals surface area contributed by atoms with Crippen LogP contribution in [-0.4, -0.2) is 45.8 Å². The van der Waals surface area contributed by atoms with Gasteiger partial charge in [0, 0.05) is 18.2 Å². The molecule has 0 aromatic carbocycles. The third kappa shape index (κ3) is 2.90. The summed E-state index contributed by atoms with van der Waals surface area (Å²) in [7, 11) is 1.65. The van der Waals surface area contributed by atoms with Gasteiger partial charge in [0.1, 0.15) is 11.6 Å². The number of nitrogens with zero attached hydrogens (tertiary/aromatic N) is 4. The van der Waals surface area contributed by atoms with Crippen LogP contribution in [0.15, 0.2) is 36.9 Å². The number of anilines is 1. The molecule has 0 radical (unpaired) electrons. The molecule has 0 saturated carbocycles. The van der Waals surface area contributed by atoms with Gasteiger partial charge < -0.3 is 15.4 Å². The topological polar surface area (TPSA) is 76.4 Å². The van der Waals surface area contributed by atoms with Crippen molar-refractivity contribution >= 4 is 11.3 Å². The Bertz CT molecular complexity index is 840. The van der Waals surface area contributed by atoms with E-state index < -0.39 is 0 Å². The minimum Gasteiger partial charge on any atom is -0.495 e. The van der Waals surface area contributed by atoms with E-state index in [1.54, 1.807) is 24.0 Å². The van der Waals surface area contributed by atoms with Crippen molar-refractivity contribution in [2.75, 3.05) is 25.5 Å². The van der Waals surface area contributed by atoms with Crippen LogP contribution < -0.4 is 15.4 Å². The molecule has 0 bridgehead atoms. The molecule has 0 spiro atoms. The van der Waals surface area contributed by atoms with Gasteiger partial charge in [-0.1, -0.05) is 0 Å². The molecule has 0 aliphatic carbocycles. The summed E-state index contributed by atoms with van der Waals surface area (Å²) in [5, 5.41) is 11.3. The van der Waals surface area contributed by atoms with Crippen LogP contribution in [0, 0.1) is 0 Å². The van der Waals surface area contributed by atoms with Crippen LogP contribution >= 0.6 is 0 Å². The Hall–Kier alpha value is -2.67. The fourth-order valence-electron chi connectivity index (χ4n) is 3.03. The highest BCUT2D eigenvalue weighted by atomic mass is 16.5. The first kappa shape index (κ1) is 14.9. The van der Waals surface area contributed by atoms with E-state index in [0.29, 0.717) is 6.04 Å². The molecule has 0 unspecified atom stereocenters. The summed E-state index contributed by atoms with van der Waals surface area (Å²) in [6.45, 7) is 2.05. The van der Waals surface area contributed by atoms with Gasteiger partial charge in [0.2, 0.25) is 0 Å². The molecule has 1 atom stereocenters. The lowest BCUT2D eigenvalue weighted by Gasteiger charge is -2.24. The van der Waals surface area contributed by atoms with Crippen LogP contribution in [0.2, 0.25) is 0 Å². The van der Waals surface area contributed by atoms with E-state index in [4.69, 9.17) is 9.72 Å². The zero-order chi connectivity index (χ0) is 16.4. The Labute approximate surface area is 140 Å². The number of ether oxygens (including phenoxy) is 1. The van der Waals surface area contributed by atoms with Crippen LogP contribution in [0.25, 0.3) is 16.8 Å². The molecular formula is C17H20N6O. The third-order valence-electron chi connectivity index (χ3n) is 4.28. The van der Waals surface area contributed by atoms with Crippen molar-refractivity contribution in [2.45, 2.75) is 18.9 Å². The molecule has 7 nitrogen and oxygen atoms in total. The molecule has 1 saturated heterocycles. The highest BCUT2D eigenvalue weighted by molar-refractivity contribution is 5.78. The Morgan fingerprint density at radius 1 is 1.29 bits per heavy atom. The highest BCUT2D eigenvalue weighted by Crippen LogP contribution is 2.25. The SMILES string of the molecule is COc1ccc2c(-c3cncc(N[C@@H]4CCCNC4)n3)cnn2c1. The van der Waals surface area contributed by atoms with E-state index in [-0.39, 0.29) is 0 Å². The molecular weight excluding hydrogens is 304 g/mol. The van der Waals surface area contributed by atoms with Crippen LogP contribution in [0.1, 0.15) is 12.8 Å². The number of aromatic nitrogens is 4. The van der Waals surface area contributed by atoms with Gasteiger partial charge in [0.05, 0.1) is 43.1 Å². The number of hydrogen-bond donors (Lipinski definition) is 2.